The lowest BCUT2D eigenvalue weighted by molar-refractivity contribution is 0.432. The summed E-state index contributed by atoms with van der Waals surface area (Å²) in [7, 11) is 0. The third-order valence-electron chi connectivity index (χ3n) is 2.95. The van der Waals surface area contributed by atoms with Crippen LogP contribution in [-0.2, 0) is 0 Å². The maximum atomic E-state index is 5.96. The Kier molecular flexibility index (Phi) is 3.16. The molecule has 2 aromatic carbocycles. The van der Waals surface area contributed by atoms with Crippen molar-refractivity contribution in [1.82, 2.24) is 10.1 Å². The van der Waals surface area contributed by atoms with Crippen LogP contribution in [0.4, 0.5) is 5.69 Å². The average Bonchev–Trinajstić information content (AvgIpc) is 2.91. The molecule has 0 unspecified atom stereocenters. The first kappa shape index (κ1) is 12.7. The Morgan fingerprint density at radius 2 is 2.00 bits per heavy atom. The normalized spacial score (nSPS) is 10.7. The van der Waals surface area contributed by atoms with Crippen molar-refractivity contribution in [3.8, 4) is 22.8 Å². The van der Waals surface area contributed by atoms with Gasteiger partial charge in [0.05, 0.1) is 5.56 Å². The van der Waals surface area contributed by atoms with Crippen LogP contribution in [0.5, 0.6) is 0 Å². The summed E-state index contributed by atoms with van der Waals surface area (Å²) in [5.74, 6) is 0.893. The van der Waals surface area contributed by atoms with Gasteiger partial charge in [-0.1, -0.05) is 40.5 Å². The molecule has 0 radical (unpaired) electrons. The zero-order valence-corrected chi connectivity index (χ0v) is 11.6. The van der Waals surface area contributed by atoms with Gasteiger partial charge in [-0.2, -0.15) is 4.98 Å². The molecule has 0 aliphatic rings. The van der Waals surface area contributed by atoms with Gasteiger partial charge in [-0.15, -0.1) is 0 Å². The summed E-state index contributed by atoms with van der Waals surface area (Å²) in [5, 5.41) is 4.60. The minimum Gasteiger partial charge on any atom is -0.398 e. The molecule has 2 N–H and O–H groups in total. The second kappa shape index (κ2) is 4.98. The first-order chi connectivity index (χ1) is 9.63. The summed E-state index contributed by atoms with van der Waals surface area (Å²) in [6.07, 6.45) is 0. The molecule has 0 saturated carbocycles. The lowest BCUT2D eigenvalue weighted by atomic mass is 10.1. The molecule has 0 fully saturated rings. The second-order valence-corrected chi connectivity index (χ2v) is 4.96. The predicted molar refractivity (Wildman–Crippen MR) is 79.3 cm³/mol. The molecule has 4 nitrogen and oxygen atoms in total. The van der Waals surface area contributed by atoms with Crippen LogP contribution >= 0.6 is 11.6 Å². The number of aromatic nitrogens is 2. The molecule has 20 heavy (non-hydrogen) atoms. The maximum Gasteiger partial charge on any atom is 0.260 e. The van der Waals surface area contributed by atoms with Gasteiger partial charge >= 0.3 is 0 Å². The highest BCUT2D eigenvalue weighted by molar-refractivity contribution is 6.30. The fourth-order valence-electron chi connectivity index (χ4n) is 1.93. The van der Waals surface area contributed by atoms with Gasteiger partial charge in [0.25, 0.3) is 5.89 Å². The van der Waals surface area contributed by atoms with Gasteiger partial charge in [0, 0.05) is 16.3 Å². The van der Waals surface area contributed by atoms with Crippen LogP contribution in [0.25, 0.3) is 22.8 Å². The van der Waals surface area contributed by atoms with Gasteiger partial charge in [0.2, 0.25) is 5.82 Å². The largest absolute Gasteiger partial charge is 0.398 e. The van der Waals surface area contributed by atoms with E-state index in [0.29, 0.717) is 22.4 Å². The summed E-state index contributed by atoms with van der Waals surface area (Å²) in [4.78, 5) is 4.38. The van der Waals surface area contributed by atoms with E-state index in [1.165, 1.54) is 0 Å². The van der Waals surface area contributed by atoms with Gasteiger partial charge in [-0.25, -0.2) is 0 Å². The molecule has 5 heteroatoms. The number of benzene rings is 2. The molecule has 0 aliphatic heterocycles. The number of halogens is 1. The molecule has 1 aromatic heterocycles. The number of nitrogens with two attached hydrogens (primary N) is 1. The van der Waals surface area contributed by atoms with Crippen LogP contribution in [0.3, 0.4) is 0 Å². The van der Waals surface area contributed by atoms with E-state index in [1.54, 1.807) is 12.1 Å². The van der Waals surface area contributed by atoms with Crippen molar-refractivity contribution in [1.29, 1.82) is 0 Å². The molecule has 0 spiro atoms. The molecule has 0 amide bonds. The van der Waals surface area contributed by atoms with E-state index in [4.69, 9.17) is 21.9 Å². The highest BCUT2D eigenvalue weighted by Gasteiger charge is 2.13. The van der Waals surface area contributed by atoms with Gasteiger partial charge in [-0.05, 0) is 31.2 Å². The summed E-state index contributed by atoms with van der Waals surface area (Å²) in [6.45, 7) is 1.98. The fraction of sp³-hybridized carbons (Fsp3) is 0.0667. The van der Waals surface area contributed by atoms with Crippen molar-refractivity contribution >= 4 is 17.3 Å². The number of nitrogens with zero attached hydrogens (tertiary/aromatic N) is 2. The molecule has 3 rings (SSSR count). The highest BCUT2D eigenvalue weighted by atomic mass is 35.5. The average molecular weight is 286 g/mol. The van der Waals surface area contributed by atoms with E-state index in [0.717, 1.165) is 16.7 Å². The number of hydrogen-bond donors (Lipinski definition) is 1. The summed E-state index contributed by atoms with van der Waals surface area (Å²) in [5.41, 5.74) is 9.18. The summed E-state index contributed by atoms with van der Waals surface area (Å²) < 4.78 is 5.30. The predicted octanol–water partition coefficient (Wildman–Crippen LogP) is 3.95. The Morgan fingerprint density at radius 1 is 1.15 bits per heavy atom. The second-order valence-electron chi connectivity index (χ2n) is 4.52. The molecule has 3 aromatic rings. The van der Waals surface area contributed by atoms with Gasteiger partial charge < -0.3 is 10.3 Å². The Morgan fingerprint density at radius 3 is 2.80 bits per heavy atom. The SMILES string of the molecule is Cc1ccc(N)c(-c2nc(-c3cccc(Cl)c3)no2)c1. The van der Waals surface area contributed by atoms with Crippen LogP contribution in [0.1, 0.15) is 5.56 Å². The smallest absolute Gasteiger partial charge is 0.260 e. The first-order valence-corrected chi connectivity index (χ1v) is 6.47. The number of anilines is 1. The quantitative estimate of drug-likeness (QED) is 0.724. The van der Waals surface area contributed by atoms with Crippen molar-refractivity contribution in [2.45, 2.75) is 6.92 Å². The summed E-state index contributed by atoms with van der Waals surface area (Å²) >= 11 is 5.96. The lowest BCUT2D eigenvalue weighted by Gasteiger charge is -2.01. The molecule has 100 valence electrons. The van der Waals surface area contributed by atoms with E-state index >= 15 is 0 Å². The van der Waals surface area contributed by atoms with Crippen LogP contribution in [0.2, 0.25) is 5.02 Å². The van der Waals surface area contributed by atoms with E-state index in [-0.39, 0.29) is 0 Å². The zero-order chi connectivity index (χ0) is 14.1. The van der Waals surface area contributed by atoms with E-state index in [9.17, 15) is 0 Å². The van der Waals surface area contributed by atoms with Crippen LogP contribution in [0.15, 0.2) is 47.0 Å². The van der Waals surface area contributed by atoms with Crippen LogP contribution < -0.4 is 5.73 Å². The molecule has 0 atom stereocenters. The summed E-state index contributed by atoms with van der Waals surface area (Å²) in [6, 6.07) is 13.0. The van der Waals surface area contributed by atoms with E-state index in [1.807, 2.05) is 37.3 Å². The molecule has 0 bridgehead atoms. The van der Waals surface area contributed by atoms with E-state index < -0.39 is 0 Å². The fourth-order valence-corrected chi connectivity index (χ4v) is 2.12. The van der Waals surface area contributed by atoms with Crippen LogP contribution in [0, 0.1) is 6.92 Å². The Labute approximate surface area is 121 Å². The molecule has 0 aliphatic carbocycles. The van der Waals surface area contributed by atoms with Gasteiger partial charge in [0.1, 0.15) is 0 Å². The van der Waals surface area contributed by atoms with Crippen molar-refractivity contribution < 1.29 is 4.52 Å². The molecular weight excluding hydrogens is 274 g/mol. The third-order valence-corrected chi connectivity index (χ3v) is 3.18. The van der Waals surface area contributed by atoms with Crippen molar-refractivity contribution in [2.24, 2.45) is 0 Å². The lowest BCUT2D eigenvalue weighted by Crippen LogP contribution is -1.91. The minimum absolute atomic E-state index is 0.404. The Balaban J connectivity index is 2.04. The minimum atomic E-state index is 0.404. The molecule has 1 heterocycles. The maximum absolute atomic E-state index is 5.96. The van der Waals surface area contributed by atoms with E-state index in [2.05, 4.69) is 10.1 Å². The monoisotopic (exact) mass is 285 g/mol. The zero-order valence-electron chi connectivity index (χ0n) is 10.8. The number of hydrogen-bond acceptors (Lipinski definition) is 4. The van der Waals surface area contributed by atoms with Crippen LogP contribution in [-0.4, -0.2) is 10.1 Å². The van der Waals surface area contributed by atoms with Gasteiger partial charge in [-0.3, -0.25) is 0 Å². The van der Waals surface area contributed by atoms with Crippen molar-refractivity contribution in [3.05, 3.63) is 53.1 Å². The molecular formula is C15H12ClN3O. The third kappa shape index (κ3) is 2.38. The Bertz CT molecular complexity index is 767. The number of nitrogen functional groups attached to an aromatic ring is 1. The highest BCUT2D eigenvalue weighted by Crippen LogP contribution is 2.28. The Hall–Kier alpha value is -2.33. The standard InChI is InChI=1S/C15H12ClN3O/c1-9-5-6-13(17)12(7-9)15-18-14(19-20-15)10-3-2-4-11(16)8-10/h2-8H,17H2,1H3. The number of rotatable bonds is 2. The number of aryl methyl sites for hydroxylation is 1. The van der Waals surface area contributed by atoms with Crippen molar-refractivity contribution in [2.75, 3.05) is 5.73 Å². The first-order valence-electron chi connectivity index (χ1n) is 6.09. The van der Waals surface area contributed by atoms with Gasteiger partial charge in [0.15, 0.2) is 0 Å². The topological polar surface area (TPSA) is 64.9 Å². The van der Waals surface area contributed by atoms with Crippen molar-refractivity contribution in [3.63, 3.8) is 0 Å². The molecule has 0 saturated heterocycles.